The third-order valence-electron chi connectivity index (χ3n) is 2.73. The molecular weight excluding hydrogens is 517 g/mol. The van der Waals surface area contributed by atoms with Crippen LogP contribution in [0.15, 0.2) is 0 Å². The molecule has 0 bridgehead atoms. The molecule has 1 N–H and O–H groups in total. The molecule has 0 spiro atoms. The van der Waals surface area contributed by atoms with Gasteiger partial charge in [0, 0.05) is 0 Å². The van der Waals surface area contributed by atoms with E-state index in [0.29, 0.717) is 0 Å². The van der Waals surface area contributed by atoms with Gasteiger partial charge in [0.15, 0.2) is 0 Å². The molecule has 0 radical (unpaired) electrons. The van der Waals surface area contributed by atoms with Crippen molar-refractivity contribution in [1.29, 1.82) is 0 Å². The lowest BCUT2D eigenvalue weighted by Gasteiger charge is -2.10. The minimum Gasteiger partial charge on any atom is -0.480 e. The first-order valence-electron chi connectivity index (χ1n) is 7.25. The molecule has 0 heterocycles. The molecule has 24 heavy (non-hydrogen) atoms. The van der Waals surface area contributed by atoms with E-state index in [4.69, 9.17) is 0 Å². The molecule has 0 aliphatic rings. The highest BCUT2D eigenvalue weighted by atomic mass is 34.0. The Labute approximate surface area is 188 Å². The molecule has 0 aromatic rings. The second kappa shape index (κ2) is 22.6. The minimum absolute atomic E-state index is 0.287. The highest BCUT2D eigenvalue weighted by molar-refractivity contribution is 9.53. The Kier molecular flexibility index (Phi) is 25.7. The van der Waals surface area contributed by atoms with E-state index in [-0.39, 0.29) is 5.25 Å². The number of hydrogen-bond acceptors (Lipinski definition) is 12. The monoisotopic (exact) mass is 538 g/mol. The predicted molar refractivity (Wildman–Crippen MR) is 139 cm³/mol. The highest BCUT2D eigenvalue weighted by Crippen LogP contribution is 2.60. The van der Waals surface area contributed by atoms with E-state index in [2.05, 4.69) is 18.6 Å². The van der Waals surface area contributed by atoms with Crippen molar-refractivity contribution < 1.29 is 9.90 Å². The fraction of sp³-hybridized carbons (Fsp3) is 0.909. The summed E-state index contributed by atoms with van der Waals surface area (Å²) in [4.78, 5) is 11.3. The van der Waals surface area contributed by atoms with Crippen LogP contribution in [-0.4, -0.2) is 16.3 Å². The Hall–Kier alpha value is 3.32. The predicted octanol–water partition coefficient (Wildman–Crippen LogP) is 9.99. The lowest BCUT2D eigenvalue weighted by Crippen LogP contribution is -2.14. The second-order valence-corrected chi connectivity index (χ2v) is 21.9. The fourth-order valence-corrected chi connectivity index (χ4v) is 24.5. The fourth-order valence-electron chi connectivity index (χ4n) is 1.64. The van der Waals surface area contributed by atoms with Crippen molar-refractivity contribution in [3.8, 4) is 0 Å². The van der Waals surface area contributed by atoms with Crippen LogP contribution in [0.3, 0.4) is 0 Å². The van der Waals surface area contributed by atoms with E-state index in [9.17, 15) is 9.90 Å². The molecule has 13 heteroatoms. The van der Waals surface area contributed by atoms with Crippen LogP contribution in [0, 0.1) is 0 Å². The van der Waals surface area contributed by atoms with Crippen molar-refractivity contribution in [3.63, 3.8) is 0 Å². The van der Waals surface area contributed by atoms with Gasteiger partial charge in [-0.15, -0.1) is 0 Å². The normalized spacial score (nSPS) is 12.4. The van der Waals surface area contributed by atoms with E-state index >= 15 is 0 Å². The Morgan fingerprint density at radius 2 is 1.33 bits per heavy atom. The molecule has 0 saturated heterocycles. The summed E-state index contributed by atoms with van der Waals surface area (Å²) in [6.45, 7) is 2.22. The van der Waals surface area contributed by atoms with Crippen LogP contribution in [0.25, 0.3) is 0 Å². The van der Waals surface area contributed by atoms with Gasteiger partial charge in [-0.25, -0.2) is 0 Å². The number of carbonyl (C=O) groups is 1. The summed E-state index contributed by atoms with van der Waals surface area (Å²) in [5.41, 5.74) is 0. The van der Waals surface area contributed by atoms with Crippen molar-refractivity contribution in [2.45, 2.75) is 63.5 Å². The molecule has 0 saturated carbocycles. The summed E-state index contributed by atoms with van der Waals surface area (Å²) in [5.74, 6) is -0.681. The third-order valence-corrected chi connectivity index (χ3v) is 23.1. The van der Waals surface area contributed by atoms with Crippen molar-refractivity contribution in [1.82, 2.24) is 0 Å². The summed E-state index contributed by atoms with van der Waals surface area (Å²) in [6, 6.07) is 0. The SMILES string of the molecule is CCCCCCCCCC(SSSSSSSSSSS)C(=O)O. The molecule has 0 aromatic carbocycles. The average Bonchev–Trinajstić information content (AvgIpc) is 2.57. The summed E-state index contributed by atoms with van der Waals surface area (Å²) in [6.07, 6.45) is 9.39. The van der Waals surface area contributed by atoms with Crippen LogP contribution in [-0.2, 0) is 4.79 Å². The summed E-state index contributed by atoms with van der Waals surface area (Å²) in [5, 5.41) is 9.01. The molecule has 0 aliphatic carbocycles. The summed E-state index contributed by atoms with van der Waals surface area (Å²) in [7, 11) is 16.3. The lowest BCUT2D eigenvalue weighted by molar-refractivity contribution is -0.136. The zero-order valence-corrected chi connectivity index (χ0v) is 22.2. The second-order valence-electron chi connectivity index (χ2n) is 4.45. The van der Waals surface area contributed by atoms with Crippen LogP contribution < -0.4 is 0 Å². The van der Waals surface area contributed by atoms with Gasteiger partial charge in [0.25, 0.3) is 0 Å². The van der Waals surface area contributed by atoms with Crippen LogP contribution in [0.2, 0.25) is 0 Å². The van der Waals surface area contributed by atoms with Gasteiger partial charge in [-0.05, 0) is 94.9 Å². The van der Waals surface area contributed by atoms with Gasteiger partial charge in [-0.3, -0.25) is 4.79 Å². The molecule has 1 atom stereocenters. The lowest BCUT2D eigenvalue weighted by atomic mass is 10.1. The van der Waals surface area contributed by atoms with Crippen molar-refractivity contribution in [2.24, 2.45) is 0 Å². The standard InChI is InChI=1S/C11H22O2S11/c1-2-3-4-5-6-7-8-9-10(11(12)13)15-17-19-21-23-24-22-20-18-16-14/h10,14H,2-9H2,1H3,(H,12,13). The molecule has 144 valence electrons. The largest absolute Gasteiger partial charge is 0.480 e. The Bertz CT molecular complexity index is 285. The van der Waals surface area contributed by atoms with E-state index in [1.165, 1.54) is 52.7 Å². The van der Waals surface area contributed by atoms with E-state index in [1.54, 1.807) is 78.6 Å². The van der Waals surface area contributed by atoms with E-state index < -0.39 is 5.97 Å². The first-order chi connectivity index (χ1) is 11.7. The topological polar surface area (TPSA) is 37.3 Å². The Morgan fingerprint density at radius 3 is 1.88 bits per heavy atom. The average molecular weight is 539 g/mol. The zero-order chi connectivity index (χ0) is 17.9. The summed E-state index contributed by atoms with van der Waals surface area (Å²) >= 11 is 4.04. The number of rotatable bonds is 19. The van der Waals surface area contributed by atoms with E-state index in [1.807, 2.05) is 0 Å². The van der Waals surface area contributed by atoms with Gasteiger partial charge >= 0.3 is 5.97 Å². The van der Waals surface area contributed by atoms with Crippen LogP contribution in [0.4, 0.5) is 0 Å². The third kappa shape index (κ3) is 20.1. The zero-order valence-electron chi connectivity index (χ0n) is 13.1. The number of aliphatic carboxylic acids is 1. The molecule has 0 fully saturated rings. The van der Waals surface area contributed by atoms with Crippen molar-refractivity contribution in [3.05, 3.63) is 0 Å². The first kappa shape index (κ1) is 27.3. The number of carboxylic acid groups (broad SMARTS) is 1. The molecule has 0 aliphatic heterocycles. The molecule has 0 rings (SSSR count). The maximum atomic E-state index is 11.3. The molecule has 0 amide bonds. The maximum Gasteiger partial charge on any atom is 0.317 e. The van der Waals surface area contributed by atoms with Crippen LogP contribution >= 0.6 is 111 Å². The quantitative estimate of drug-likeness (QED) is 0.0933. The number of thiol groups is 1. The molecular formula is C11H22O2S11. The first-order valence-corrected chi connectivity index (χ1v) is 21.2. The van der Waals surface area contributed by atoms with Gasteiger partial charge in [-0.2, -0.15) is 0 Å². The number of hydrogen-bond donors (Lipinski definition) is 2. The van der Waals surface area contributed by atoms with Gasteiger partial charge in [0.05, 0.1) is 0 Å². The highest BCUT2D eigenvalue weighted by Gasteiger charge is 2.18. The van der Waals surface area contributed by atoms with Gasteiger partial charge in [0.2, 0.25) is 0 Å². The van der Waals surface area contributed by atoms with Gasteiger partial charge < -0.3 is 5.11 Å². The Balaban J connectivity index is 3.48. The molecule has 1 unspecified atom stereocenters. The number of unbranched alkanes of at least 4 members (excludes halogenated alkanes) is 6. The smallest absolute Gasteiger partial charge is 0.317 e. The maximum absolute atomic E-state index is 11.3. The van der Waals surface area contributed by atoms with Crippen molar-refractivity contribution in [2.75, 3.05) is 0 Å². The van der Waals surface area contributed by atoms with E-state index in [0.717, 1.165) is 19.3 Å². The van der Waals surface area contributed by atoms with Crippen LogP contribution in [0.1, 0.15) is 58.3 Å². The Morgan fingerprint density at radius 1 is 0.833 bits per heavy atom. The molecule has 0 aromatic heterocycles. The summed E-state index contributed by atoms with van der Waals surface area (Å²) < 4.78 is 0. The van der Waals surface area contributed by atoms with Gasteiger partial charge in [0.1, 0.15) is 5.25 Å². The molecule has 2 nitrogen and oxygen atoms in total. The number of carboxylic acids is 1. The minimum atomic E-state index is -0.681. The van der Waals surface area contributed by atoms with Gasteiger partial charge in [-0.1, -0.05) is 74.3 Å². The van der Waals surface area contributed by atoms with Crippen molar-refractivity contribution >= 4 is 117 Å². The van der Waals surface area contributed by atoms with Crippen LogP contribution in [0.5, 0.6) is 0 Å².